The molecule has 2 unspecified atom stereocenters. The van der Waals surface area contributed by atoms with E-state index in [1.54, 1.807) is 0 Å². The molecule has 0 aromatic rings. The lowest BCUT2D eigenvalue weighted by Gasteiger charge is -1.95. The smallest absolute Gasteiger partial charge is 0.0202 e. The van der Waals surface area contributed by atoms with Crippen LogP contribution >= 0.6 is 0 Å². The molecule has 0 nitrogen and oxygen atoms in total. The Labute approximate surface area is 69.0 Å². The zero-order valence-corrected chi connectivity index (χ0v) is 7.00. The van der Waals surface area contributed by atoms with Gasteiger partial charge in [-0.15, -0.1) is 0 Å². The van der Waals surface area contributed by atoms with Crippen molar-refractivity contribution in [2.75, 3.05) is 0 Å². The van der Waals surface area contributed by atoms with Crippen LogP contribution in [0.4, 0.5) is 0 Å². The van der Waals surface area contributed by atoms with E-state index in [-0.39, 0.29) is 0 Å². The van der Waals surface area contributed by atoms with Gasteiger partial charge in [-0.3, -0.25) is 0 Å². The van der Waals surface area contributed by atoms with Crippen LogP contribution in [0.5, 0.6) is 0 Å². The van der Waals surface area contributed by atoms with Crippen LogP contribution < -0.4 is 0 Å². The molecular formula is C11H16. The van der Waals surface area contributed by atoms with Crippen LogP contribution in [0.15, 0.2) is 24.3 Å². The highest BCUT2D eigenvalue weighted by atomic mass is 14.4. The third kappa shape index (κ3) is 1.95. The molecule has 2 aliphatic carbocycles. The van der Waals surface area contributed by atoms with Crippen LogP contribution in [-0.4, -0.2) is 0 Å². The summed E-state index contributed by atoms with van der Waals surface area (Å²) in [6.07, 6.45) is 16.2. The van der Waals surface area contributed by atoms with Crippen molar-refractivity contribution in [3.05, 3.63) is 24.3 Å². The molecule has 2 aliphatic rings. The van der Waals surface area contributed by atoms with Crippen LogP contribution in [-0.2, 0) is 0 Å². The van der Waals surface area contributed by atoms with Crippen molar-refractivity contribution in [3.63, 3.8) is 0 Å². The first-order valence-electron chi connectivity index (χ1n) is 4.78. The Morgan fingerprint density at radius 2 is 1.73 bits per heavy atom. The fourth-order valence-corrected chi connectivity index (χ4v) is 1.85. The van der Waals surface area contributed by atoms with E-state index in [4.69, 9.17) is 0 Å². The van der Waals surface area contributed by atoms with Crippen molar-refractivity contribution in [1.29, 1.82) is 0 Å². The molecule has 2 atom stereocenters. The molecule has 1 saturated carbocycles. The first-order valence-corrected chi connectivity index (χ1v) is 4.78. The molecule has 2 rings (SSSR count). The van der Waals surface area contributed by atoms with E-state index >= 15 is 0 Å². The summed E-state index contributed by atoms with van der Waals surface area (Å²) in [7, 11) is 0. The first kappa shape index (κ1) is 7.15. The molecule has 0 heteroatoms. The Hall–Kier alpha value is -0.520. The Morgan fingerprint density at radius 3 is 2.73 bits per heavy atom. The SMILES string of the molecule is C1=C\CCC2CC2/C=C\CC/1. The molecule has 0 aromatic heterocycles. The summed E-state index contributed by atoms with van der Waals surface area (Å²) in [5.41, 5.74) is 0. The summed E-state index contributed by atoms with van der Waals surface area (Å²) < 4.78 is 0. The number of allylic oxidation sites excluding steroid dienone is 4. The first-order chi connectivity index (χ1) is 5.47. The molecule has 0 radical (unpaired) electrons. The lowest BCUT2D eigenvalue weighted by molar-refractivity contribution is 0.703. The maximum atomic E-state index is 2.43. The minimum Gasteiger partial charge on any atom is -0.0885 e. The second kappa shape index (κ2) is 3.25. The third-order valence-electron chi connectivity index (χ3n) is 2.73. The van der Waals surface area contributed by atoms with Crippen LogP contribution in [0.25, 0.3) is 0 Å². The standard InChI is InChI=1S/C11H16/c1-2-4-6-8-11-9-10(11)7-5-3-1/h1,3,6,8,10-11H,2,4-5,7,9H2/b3-1-,8-6-. The van der Waals surface area contributed by atoms with Crippen molar-refractivity contribution in [2.24, 2.45) is 11.8 Å². The number of fused-ring (bicyclic) bond motifs is 1. The molecule has 60 valence electrons. The minimum absolute atomic E-state index is 0.960. The van der Waals surface area contributed by atoms with E-state index in [0.29, 0.717) is 0 Å². The summed E-state index contributed by atoms with van der Waals surface area (Å²) in [6.45, 7) is 0. The van der Waals surface area contributed by atoms with Gasteiger partial charge in [-0.25, -0.2) is 0 Å². The lowest BCUT2D eigenvalue weighted by atomic mass is 10.1. The van der Waals surface area contributed by atoms with Crippen LogP contribution in [0.2, 0.25) is 0 Å². The molecule has 0 amide bonds. The van der Waals surface area contributed by atoms with Crippen LogP contribution in [0.1, 0.15) is 32.1 Å². The highest BCUT2D eigenvalue weighted by Crippen LogP contribution is 2.43. The van der Waals surface area contributed by atoms with Crippen molar-refractivity contribution >= 4 is 0 Å². The average Bonchev–Trinajstić information content (AvgIpc) is 2.76. The molecular weight excluding hydrogens is 132 g/mol. The van der Waals surface area contributed by atoms with E-state index in [1.165, 1.54) is 32.1 Å². The third-order valence-corrected chi connectivity index (χ3v) is 2.73. The molecule has 0 N–H and O–H groups in total. The largest absolute Gasteiger partial charge is 0.0885 e. The quantitative estimate of drug-likeness (QED) is 0.462. The monoisotopic (exact) mass is 148 g/mol. The van der Waals surface area contributed by atoms with Gasteiger partial charge in [0, 0.05) is 0 Å². The minimum atomic E-state index is 0.960. The van der Waals surface area contributed by atoms with Gasteiger partial charge < -0.3 is 0 Å². The fourth-order valence-electron chi connectivity index (χ4n) is 1.85. The van der Waals surface area contributed by atoms with E-state index in [2.05, 4.69) is 24.3 Å². The zero-order chi connectivity index (χ0) is 7.52. The fraction of sp³-hybridized carbons (Fsp3) is 0.636. The van der Waals surface area contributed by atoms with Gasteiger partial charge >= 0.3 is 0 Å². The number of rotatable bonds is 0. The maximum Gasteiger partial charge on any atom is -0.0202 e. The second-order valence-electron chi connectivity index (χ2n) is 3.71. The molecule has 0 aliphatic heterocycles. The number of hydrogen-bond acceptors (Lipinski definition) is 0. The van der Waals surface area contributed by atoms with E-state index in [1.807, 2.05) is 0 Å². The summed E-state index contributed by atoms with van der Waals surface area (Å²) in [6, 6.07) is 0. The summed E-state index contributed by atoms with van der Waals surface area (Å²) in [4.78, 5) is 0. The predicted molar refractivity (Wildman–Crippen MR) is 48.3 cm³/mol. The molecule has 0 aromatic carbocycles. The van der Waals surface area contributed by atoms with Gasteiger partial charge in [-0.05, 0) is 43.9 Å². The molecule has 0 saturated heterocycles. The normalized spacial score (nSPS) is 42.2. The van der Waals surface area contributed by atoms with Crippen molar-refractivity contribution in [1.82, 2.24) is 0 Å². The summed E-state index contributed by atoms with van der Waals surface area (Å²) in [5, 5.41) is 0. The maximum absolute atomic E-state index is 2.43. The van der Waals surface area contributed by atoms with Crippen molar-refractivity contribution in [2.45, 2.75) is 32.1 Å². The summed E-state index contributed by atoms with van der Waals surface area (Å²) >= 11 is 0. The molecule has 0 spiro atoms. The topological polar surface area (TPSA) is 0 Å². The van der Waals surface area contributed by atoms with Gasteiger partial charge in [0.25, 0.3) is 0 Å². The van der Waals surface area contributed by atoms with Crippen molar-refractivity contribution < 1.29 is 0 Å². The average molecular weight is 148 g/mol. The van der Waals surface area contributed by atoms with Crippen LogP contribution in [0, 0.1) is 11.8 Å². The van der Waals surface area contributed by atoms with Gasteiger partial charge in [0.1, 0.15) is 0 Å². The Morgan fingerprint density at radius 1 is 0.909 bits per heavy atom. The van der Waals surface area contributed by atoms with E-state index in [0.717, 1.165) is 11.8 Å². The molecule has 11 heavy (non-hydrogen) atoms. The van der Waals surface area contributed by atoms with Gasteiger partial charge in [-0.1, -0.05) is 24.3 Å². The summed E-state index contributed by atoms with van der Waals surface area (Å²) in [5.74, 6) is 2.00. The van der Waals surface area contributed by atoms with E-state index in [9.17, 15) is 0 Å². The predicted octanol–water partition coefficient (Wildman–Crippen LogP) is 3.31. The van der Waals surface area contributed by atoms with Crippen LogP contribution in [0.3, 0.4) is 0 Å². The van der Waals surface area contributed by atoms with Gasteiger partial charge in [0.05, 0.1) is 0 Å². The highest BCUT2D eigenvalue weighted by Gasteiger charge is 2.33. The molecule has 0 bridgehead atoms. The molecule has 0 heterocycles. The Kier molecular flexibility index (Phi) is 2.11. The second-order valence-corrected chi connectivity index (χ2v) is 3.71. The Balaban J connectivity index is 1.90. The Bertz CT molecular complexity index is 176. The molecule has 1 fully saturated rings. The van der Waals surface area contributed by atoms with Gasteiger partial charge in [0.15, 0.2) is 0 Å². The number of hydrogen-bond donors (Lipinski definition) is 0. The highest BCUT2D eigenvalue weighted by molar-refractivity contribution is 5.04. The lowest BCUT2D eigenvalue weighted by Crippen LogP contribution is -1.80. The zero-order valence-electron chi connectivity index (χ0n) is 7.00. The van der Waals surface area contributed by atoms with Crippen molar-refractivity contribution in [3.8, 4) is 0 Å². The van der Waals surface area contributed by atoms with Gasteiger partial charge in [-0.2, -0.15) is 0 Å². The van der Waals surface area contributed by atoms with E-state index < -0.39 is 0 Å². The van der Waals surface area contributed by atoms with Gasteiger partial charge in [0.2, 0.25) is 0 Å².